The number of aromatic nitrogens is 4. The number of carbonyl (C=O) groups is 1. The van der Waals surface area contributed by atoms with E-state index in [4.69, 9.17) is 34.8 Å². The van der Waals surface area contributed by atoms with Crippen molar-refractivity contribution in [2.45, 2.75) is 26.9 Å². The molecule has 164 valence electrons. The van der Waals surface area contributed by atoms with Crippen LogP contribution < -0.4 is 5.32 Å². The van der Waals surface area contributed by atoms with E-state index >= 15 is 0 Å². The first-order valence-corrected chi connectivity index (χ1v) is 11.0. The average molecular weight is 489 g/mol. The zero-order valence-electron chi connectivity index (χ0n) is 17.4. The molecule has 2 heterocycles. The molecule has 32 heavy (non-hydrogen) atoms. The highest BCUT2D eigenvalue weighted by Crippen LogP contribution is 2.22. The maximum Gasteiger partial charge on any atom is 0.256 e. The average Bonchev–Trinajstić information content (AvgIpc) is 3.23. The van der Waals surface area contributed by atoms with Gasteiger partial charge < -0.3 is 5.32 Å². The van der Waals surface area contributed by atoms with Crippen molar-refractivity contribution in [2.24, 2.45) is 0 Å². The number of aryl methyl sites for hydroxylation is 1. The number of rotatable bonds is 6. The molecule has 4 aromatic rings. The van der Waals surface area contributed by atoms with E-state index in [1.165, 1.54) is 0 Å². The number of halogens is 3. The van der Waals surface area contributed by atoms with E-state index in [2.05, 4.69) is 15.5 Å². The smallest absolute Gasteiger partial charge is 0.256 e. The molecule has 0 atom stereocenters. The van der Waals surface area contributed by atoms with Gasteiger partial charge >= 0.3 is 0 Å². The second kappa shape index (κ2) is 9.36. The van der Waals surface area contributed by atoms with Crippen LogP contribution in [-0.2, 0) is 13.1 Å². The van der Waals surface area contributed by atoms with Gasteiger partial charge in [0.1, 0.15) is 5.02 Å². The minimum absolute atomic E-state index is 0.288. The highest BCUT2D eigenvalue weighted by Gasteiger charge is 2.14. The molecule has 0 fully saturated rings. The number of amides is 1. The van der Waals surface area contributed by atoms with Crippen molar-refractivity contribution < 1.29 is 4.79 Å². The number of anilines is 1. The van der Waals surface area contributed by atoms with Gasteiger partial charge in [0.25, 0.3) is 5.91 Å². The van der Waals surface area contributed by atoms with Crippen molar-refractivity contribution in [3.8, 4) is 0 Å². The van der Waals surface area contributed by atoms with Crippen LogP contribution in [-0.4, -0.2) is 25.5 Å². The third-order valence-corrected chi connectivity index (χ3v) is 6.12. The van der Waals surface area contributed by atoms with E-state index in [1.807, 2.05) is 54.9 Å². The molecule has 1 amide bonds. The fourth-order valence-electron chi connectivity index (χ4n) is 3.28. The zero-order valence-corrected chi connectivity index (χ0v) is 19.7. The maximum absolute atomic E-state index is 12.7. The Morgan fingerprint density at radius 3 is 2.16 bits per heavy atom. The molecule has 0 saturated carbocycles. The van der Waals surface area contributed by atoms with Crippen LogP contribution in [0.2, 0.25) is 15.1 Å². The molecule has 0 unspecified atom stereocenters. The lowest BCUT2D eigenvalue weighted by atomic mass is 10.1. The molecule has 0 spiro atoms. The highest BCUT2D eigenvalue weighted by molar-refractivity contribution is 6.33. The van der Waals surface area contributed by atoms with Crippen molar-refractivity contribution in [1.29, 1.82) is 0 Å². The molecule has 2 aromatic heterocycles. The Hall–Kier alpha value is -2.80. The number of hydrogen-bond acceptors (Lipinski definition) is 3. The van der Waals surface area contributed by atoms with Gasteiger partial charge in [-0.05, 0) is 49.2 Å². The third kappa shape index (κ3) is 4.99. The first kappa shape index (κ1) is 22.4. The van der Waals surface area contributed by atoms with E-state index < -0.39 is 0 Å². The fraction of sp³-hybridized carbons (Fsp3) is 0.174. The number of nitrogens with zero attached hydrogens (tertiary/aromatic N) is 4. The van der Waals surface area contributed by atoms with E-state index in [9.17, 15) is 4.79 Å². The molecule has 0 aliphatic carbocycles. The lowest BCUT2D eigenvalue weighted by Crippen LogP contribution is -2.13. The molecule has 2 aromatic carbocycles. The van der Waals surface area contributed by atoms with Crippen molar-refractivity contribution in [1.82, 2.24) is 19.6 Å². The van der Waals surface area contributed by atoms with Crippen molar-refractivity contribution in [2.75, 3.05) is 5.32 Å². The Morgan fingerprint density at radius 1 is 0.906 bits per heavy atom. The Morgan fingerprint density at radius 2 is 1.53 bits per heavy atom. The van der Waals surface area contributed by atoms with Gasteiger partial charge in [0.2, 0.25) is 0 Å². The van der Waals surface area contributed by atoms with Crippen LogP contribution in [0.5, 0.6) is 0 Å². The molecule has 1 N–H and O–H groups in total. The number of nitrogens with one attached hydrogen (secondary N) is 1. The molecule has 6 nitrogen and oxygen atoms in total. The van der Waals surface area contributed by atoms with Gasteiger partial charge in [-0.25, -0.2) is 0 Å². The predicted molar refractivity (Wildman–Crippen MR) is 128 cm³/mol. The summed E-state index contributed by atoms with van der Waals surface area (Å²) in [6.07, 6.45) is 1.68. The normalized spacial score (nSPS) is 11.0. The molecular weight excluding hydrogens is 469 g/mol. The second-order valence-electron chi connectivity index (χ2n) is 7.44. The van der Waals surface area contributed by atoms with Gasteiger partial charge in [0.05, 0.1) is 29.5 Å². The lowest BCUT2D eigenvalue weighted by Gasteiger charge is -2.07. The summed E-state index contributed by atoms with van der Waals surface area (Å²) in [6.45, 7) is 4.89. The largest absolute Gasteiger partial charge is 0.304 e. The molecule has 0 bridgehead atoms. The Balaban J connectivity index is 1.42. The summed E-state index contributed by atoms with van der Waals surface area (Å²) in [5, 5.41) is 13.3. The number of carbonyl (C=O) groups excluding carboxylic acids is 1. The van der Waals surface area contributed by atoms with Crippen molar-refractivity contribution in [3.05, 3.63) is 97.9 Å². The highest BCUT2D eigenvalue weighted by atomic mass is 35.5. The molecular formula is C23H20Cl3N5O. The van der Waals surface area contributed by atoms with Gasteiger partial charge in [0, 0.05) is 16.8 Å². The van der Waals surface area contributed by atoms with Gasteiger partial charge in [-0.15, -0.1) is 0 Å². The monoisotopic (exact) mass is 487 g/mol. The summed E-state index contributed by atoms with van der Waals surface area (Å²) < 4.78 is 3.52. The topological polar surface area (TPSA) is 64.7 Å². The Labute approximate surface area is 200 Å². The zero-order chi connectivity index (χ0) is 22.8. The first-order valence-electron chi connectivity index (χ1n) is 9.87. The lowest BCUT2D eigenvalue weighted by molar-refractivity contribution is 0.102. The standard InChI is InChI=1S/C23H20Cl3N5O/c1-14-21(26)15(2)31(28-14)12-17-3-7-18(8-4-17)23(32)27-22-20(25)13-30(29-22)11-16-5-9-19(24)10-6-16/h3-10,13H,11-12H2,1-2H3,(H,27,29,32). The maximum atomic E-state index is 12.7. The molecule has 0 aliphatic heterocycles. The quantitative estimate of drug-likeness (QED) is 0.362. The summed E-state index contributed by atoms with van der Waals surface area (Å²) in [6, 6.07) is 14.8. The second-order valence-corrected chi connectivity index (χ2v) is 8.66. The van der Waals surface area contributed by atoms with E-state index in [-0.39, 0.29) is 5.91 Å². The van der Waals surface area contributed by atoms with Crippen LogP contribution in [0, 0.1) is 13.8 Å². The van der Waals surface area contributed by atoms with Crippen LogP contribution in [0.3, 0.4) is 0 Å². The fourth-order valence-corrected chi connectivity index (χ4v) is 3.74. The summed E-state index contributed by atoms with van der Waals surface area (Å²) in [5.41, 5.74) is 4.24. The SMILES string of the molecule is Cc1nn(Cc2ccc(C(=O)Nc3nn(Cc4ccc(Cl)cc4)cc3Cl)cc2)c(C)c1Cl. The van der Waals surface area contributed by atoms with Gasteiger partial charge in [-0.3, -0.25) is 14.2 Å². The van der Waals surface area contributed by atoms with Crippen LogP contribution >= 0.6 is 34.8 Å². The summed E-state index contributed by atoms with van der Waals surface area (Å²) in [5.74, 6) is 0.0244. The minimum Gasteiger partial charge on any atom is -0.304 e. The van der Waals surface area contributed by atoms with Gasteiger partial charge in [0.15, 0.2) is 5.82 Å². The predicted octanol–water partition coefficient (Wildman–Crippen LogP) is 6.01. The number of hydrogen-bond donors (Lipinski definition) is 1. The van der Waals surface area contributed by atoms with E-state index in [1.54, 1.807) is 23.0 Å². The van der Waals surface area contributed by atoms with Crippen LogP contribution in [0.25, 0.3) is 0 Å². The Kier molecular flexibility index (Phi) is 6.55. The summed E-state index contributed by atoms with van der Waals surface area (Å²) in [4.78, 5) is 12.7. The van der Waals surface area contributed by atoms with Crippen LogP contribution in [0.15, 0.2) is 54.7 Å². The van der Waals surface area contributed by atoms with Crippen molar-refractivity contribution >= 4 is 46.5 Å². The minimum atomic E-state index is -0.288. The van der Waals surface area contributed by atoms with E-state index in [0.29, 0.717) is 39.5 Å². The summed E-state index contributed by atoms with van der Waals surface area (Å²) in [7, 11) is 0. The van der Waals surface area contributed by atoms with Crippen LogP contribution in [0.1, 0.15) is 32.9 Å². The molecule has 0 aliphatic rings. The van der Waals surface area contributed by atoms with Gasteiger partial charge in [-0.2, -0.15) is 10.2 Å². The number of benzene rings is 2. The Bertz CT molecular complexity index is 1260. The third-order valence-electron chi connectivity index (χ3n) is 5.05. The van der Waals surface area contributed by atoms with Gasteiger partial charge in [-0.1, -0.05) is 59.1 Å². The summed E-state index contributed by atoms with van der Waals surface area (Å²) >= 11 is 18.4. The van der Waals surface area contributed by atoms with Crippen LogP contribution in [0.4, 0.5) is 5.82 Å². The molecule has 0 saturated heterocycles. The molecule has 4 rings (SSSR count). The molecule has 0 radical (unpaired) electrons. The first-order chi connectivity index (χ1) is 15.3. The van der Waals surface area contributed by atoms with Crippen molar-refractivity contribution in [3.63, 3.8) is 0 Å². The molecule has 9 heteroatoms. The van der Waals surface area contributed by atoms with E-state index in [0.717, 1.165) is 22.5 Å².